The SMILES string of the molecule is Cc1cc(C)c(SN(CCc2cccc(Br)c2)Cc2ccccc2)c(C)c1. The van der Waals surface area contributed by atoms with Crippen molar-refractivity contribution in [2.24, 2.45) is 0 Å². The minimum Gasteiger partial charge on any atom is -0.242 e. The van der Waals surface area contributed by atoms with Crippen molar-refractivity contribution in [2.45, 2.75) is 38.6 Å². The molecule has 0 spiro atoms. The molecule has 0 amide bonds. The second-order valence-electron chi connectivity index (χ2n) is 7.05. The first kappa shape index (κ1) is 20.2. The Hall–Kier alpha value is -1.55. The second kappa shape index (κ2) is 9.59. The highest BCUT2D eigenvalue weighted by Crippen LogP contribution is 2.31. The molecule has 0 heterocycles. The number of nitrogens with zero attached hydrogens (tertiary/aromatic N) is 1. The van der Waals surface area contributed by atoms with Crippen LogP contribution < -0.4 is 0 Å². The molecule has 0 saturated heterocycles. The van der Waals surface area contributed by atoms with E-state index in [0.717, 1.165) is 24.0 Å². The van der Waals surface area contributed by atoms with E-state index >= 15 is 0 Å². The summed E-state index contributed by atoms with van der Waals surface area (Å²) in [5.41, 5.74) is 6.76. The quantitative estimate of drug-likeness (QED) is 0.360. The zero-order valence-electron chi connectivity index (χ0n) is 16.2. The smallest absolute Gasteiger partial charge is 0.0344 e. The number of hydrogen-bond acceptors (Lipinski definition) is 2. The van der Waals surface area contributed by atoms with Gasteiger partial charge >= 0.3 is 0 Å². The largest absolute Gasteiger partial charge is 0.242 e. The van der Waals surface area contributed by atoms with Gasteiger partial charge in [0.2, 0.25) is 0 Å². The number of rotatable bonds is 7. The molecule has 0 bridgehead atoms. The highest BCUT2D eigenvalue weighted by Gasteiger charge is 2.13. The molecule has 140 valence electrons. The topological polar surface area (TPSA) is 3.24 Å². The monoisotopic (exact) mass is 439 g/mol. The fraction of sp³-hybridized carbons (Fsp3) is 0.250. The van der Waals surface area contributed by atoms with Crippen LogP contribution in [0.2, 0.25) is 0 Å². The van der Waals surface area contributed by atoms with E-state index in [1.54, 1.807) is 0 Å². The van der Waals surface area contributed by atoms with E-state index in [-0.39, 0.29) is 0 Å². The van der Waals surface area contributed by atoms with Gasteiger partial charge in [0.1, 0.15) is 0 Å². The van der Waals surface area contributed by atoms with Crippen LogP contribution in [0.3, 0.4) is 0 Å². The average Bonchev–Trinajstić information content (AvgIpc) is 2.63. The Bertz CT molecular complexity index is 869. The van der Waals surface area contributed by atoms with Crippen molar-refractivity contribution in [2.75, 3.05) is 6.54 Å². The van der Waals surface area contributed by atoms with Crippen molar-refractivity contribution in [1.82, 2.24) is 4.31 Å². The standard InChI is InChI=1S/C24H26BrNS/c1-18-14-19(2)24(20(3)15-18)27-26(17-22-8-5-4-6-9-22)13-12-21-10-7-11-23(25)16-21/h4-11,14-16H,12-13,17H2,1-3H3. The van der Waals surface area contributed by atoms with Crippen LogP contribution in [0.1, 0.15) is 27.8 Å². The third-order valence-corrected chi connectivity index (χ3v) is 6.46. The summed E-state index contributed by atoms with van der Waals surface area (Å²) >= 11 is 5.47. The predicted molar refractivity (Wildman–Crippen MR) is 121 cm³/mol. The van der Waals surface area contributed by atoms with Gasteiger partial charge in [-0.25, -0.2) is 4.31 Å². The molecule has 0 saturated carbocycles. The van der Waals surface area contributed by atoms with Gasteiger partial charge in [-0.2, -0.15) is 0 Å². The minimum absolute atomic E-state index is 0.937. The summed E-state index contributed by atoms with van der Waals surface area (Å²) in [5, 5.41) is 0. The van der Waals surface area contributed by atoms with E-state index in [0.29, 0.717) is 0 Å². The third-order valence-electron chi connectivity index (χ3n) is 4.57. The molecule has 0 fully saturated rings. The van der Waals surface area contributed by atoms with Gasteiger partial charge in [0.05, 0.1) is 0 Å². The fourth-order valence-corrected chi connectivity index (χ4v) is 4.84. The van der Waals surface area contributed by atoms with Crippen LogP contribution in [-0.4, -0.2) is 10.8 Å². The van der Waals surface area contributed by atoms with Gasteiger partial charge in [-0.15, -0.1) is 0 Å². The Balaban J connectivity index is 1.79. The van der Waals surface area contributed by atoms with Crippen molar-refractivity contribution in [1.29, 1.82) is 0 Å². The molecule has 0 radical (unpaired) electrons. The zero-order valence-corrected chi connectivity index (χ0v) is 18.6. The van der Waals surface area contributed by atoms with Crippen molar-refractivity contribution in [3.63, 3.8) is 0 Å². The lowest BCUT2D eigenvalue weighted by Crippen LogP contribution is -2.19. The molecule has 0 atom stereocenters. The van der Waals surface area contributed by atoms with Crippen LogP contribution in [0.5, 0.6) is 0 Å². The second-order valence-corrected chi connectivity index (χ2v) is 9.07. The Morgan fingerprint density at radius 2 is 1.48 bits per heavy atom. The van der Waals surface area contributed by atoms with Gasteiger partial charge in [0.25, 0.3) is 0 Å². The van der Waals surface area contributed by atoms with Crippen LogP contribution in [0, 0.1) is 20.8 Å². The van der Waals surface area contributed by atoms with E-state index in [1.807, 2.05) is 11.9 Å². The molecule has 3 rings (SSSR count). The molecule has 0 aliphatic heterocycles. The Morgan fingerprint density at radius 1 is 0.815 bits per heavy atom. The van der Waals surface area contributed by atoms with Crippen molar-refractivity contribution in [3.05, 3.63) is 99.0 Å². The Kier molecular flexibility index (Phi) is 7.17. The molecule has 0 aliphatic carbocycles. The molecular weight excluding hydrogens is 414 g/mol. The van der Waals surface area contributed by atoms with E-state index in [9.17, 15) is 0 Å². The fourth-order valence-electron chi connectivity index (χ4n) is 3.33. The van der Waals surface area contributed by atoms with Gasteiger partial charge < -0.3 is 0 Å². The first-order valence-corrected chi connectivity index (χ1v) is 10.9. The van der Waals surface area contributed by atoms with Crippen LogP contribution in [0.25, 0.3) is 0 Å². The minimum atomic E-state index is 0.937. The van der Waals surface area contributed by atoms with Crippen LogP contribution >= 0.6 is 27.9 Å². The molecule has 3 aromatic rings. The zero-order chi connectivity index (χ0) is 19.2. The number of aryl methyl sites for hydroxylation is 3. The molecule has 1 nitrogen and oxygen atoms in total. The summed E-state index contributed by atoms with van der Waals surface area (Å²) < 4.78 is 3.63. The predicted octanol–water partition coefficient (Wildman–Crippen LogP) is 7.13. The number of hydrogen-bond donors (Lipinski definition) is 0. The van der Waals surface area contributed by atoms with Gasteiger partial charge in [-0.3, -0.25) is 0 Å². The van der Waals surface area contributed by atoms with E-state index in [1.165, 1.54) is 32.7 Å². The maximum atomic E-state index is 3.58. The van der Waals surface area contributed by atoms with Gasteiger partial charge in [-0.05, 0) is 73.5 Å². The van der Waals surface area contributed by atoms with Crippen molar-refractivity contribution >= 4 is 27.9 Å². The lowest BCUT2D eigenvalue weighted by molar-refractivity contribution is 0.470. The lowest BCUT2D eigenvalue weighted by atomic mass is 10.1. The normalized spacial score (nSPS) is 11.1. The summed E-state index contributed by atoms with van der Waals surface area (Å²) in [6, 6.07) is 23.9. The van der Waals surface area contributed by atoms with Crippen LogP contribution in [-0.2, 0) is 13.0 Å². The molecule has 0 N–H and O–H groups in total. The van der Waals surface area contributed by atoms with Crippen LogP contribution in [0.4, 0.5) is 0 Å². The van der Waals surface area contributed by atoms with Gasteiger partial charge in [0.15, 0.2) is 0 Å². The summed E-state index contributed by atoms with van der Waals surface area (Å²) in [4.78, 5) is 1.38. The number of benzene rings is 3. The van der Waals surface area contributed by atoms with E-state index in [2.05, 4.69) is 108 Å². The average molecular weight is 440 g/mol. The molecule has 0 unspecified atom stereocenters. The Labute approximate surface area is 176 Å². The number of halogens is 1. The molecule has 3 aromatic carbocycles. The summed E-state index contributed by atoms with van der Waals surface area (Å²) in [6.45, 7) is 8.55. The summed E-state index contributed by atoms with van der Waals surface area (Å²) in [7, 11) is 0. The van der Waals surface area contributed by atoms with E-state index in [4.69, 9.17) is 0 Å². The molecule has 27 heavy (non-hydrogen) atoms. The molecular formula is C24H26BrNS. The summed E-state index contributed by atoms with van der Waals surface area (Å²) in [5.74, 6) is 0. The molecule has 0 aliphatic rings. The van der Waals surface area contributed by atoms with Gasteiger partial charge in [-0.1, -0.05) is 76.1 Å². The maximum Gasteiger partial charge on any atom is 0.0344 e. The third kappa shape index (κ3) is 5.97. The molecule has 0 aromatic heterocycles. The summed E-state index contributed by atoms with van der Waals surface area (Å²) in [6.07, 6.45) is 1.03. The highest BCUT2D eigenvalue weighted by molar-refractivity contribution is 9.10. The van der Waals surface area contributed by atoms with Crippen LogP contribution in [0.15, 0.2) is 76.1 Å². The van der Waals surface area contributed by atoms with E-state index < -0.39 is 0 Å². The Morgan fingerprint density at radius 3 is 2.15 bits per heavy atom. The maximum absolute atomic E-state index is 3.58. The first-order chi connectivity index (χ1) is 13.0. The van der Waals surface area contributed by atoms with Gasteiger partial charge in [0, 0.05) is 22.5 Å². The van der Waals surface area contributed by atoms with Crippen molar-refractivity contribution < 1.29 is 0 Å². The van der Waals surface area contributed by atoms with Crippen molar-refractivity contribution in [3.8, 4) is 0 Å². The highest BCUT2D eigenvalue weighted by atomic mass is 79.9. The first-order valence-electron chi connectivity index (χ1n) is 9.30. The lowest BCUT2D eigenvalue weighted by Gasteiger charge is -2.23. The molecule has 3 heteroatoms.